The van der Waals surface area contributed by atoms with Crippen LogP contribution in [0.15, 0.2) is 78.9 Å². The van der Waals surface area contributed by atoms with Crippen LogP contribution >= 0.6 is 11.6 Å². The van der Waals surface area contributed by atoms with Gasteiger partial charge in [0.25, 0.3) is 0 Å². The fourth-order valence-electron chi connectivity index (χ4n) is 4.94. The van der Waals surface area contributed by atoms with Crippen molar-refractivity contribution in [2.75, 3.05) is 13.0 Å². The van der Waals surface area contributed by atoms with Crippen molar-refractivity contribution in [1.82, 2.24) is 9.88 Å². The van der Waals surface area contributed by atoms with Crippen LogP contribution in [0.1, 0.15) is 38.8 Å². The van der Waals surface area contributed by atoms with Crippen LogP contribution in [-0.2, 0) is 32.1 Å². The monoisotopic (exact) mass is 516 g/mol. The van der Waals surface area contributed by atoms with E-state index in [0.717, 1.165) is 33.3 Å². The third kappa shape index (κ3) is 4.70. The molecule has 4 aromatic rings. The Balaban J connectivity index is 1.59. The molecule has 188 valence electrons. The molecule has 0 unspecified atom stereocenters. The number of alkyl halides is 1. The van der Waals surface area contributed by atoms with E-state index in [1.165, 1.54) is 12.0 Å². The van der Waals surface area contributed by atoms with Gasteiger partial charge in [-0.2, -0.15) is 0 Å². The SMILES string of the molecule is COC(=O)c1ccc([C@@H]2c3[nH]c4ccccc4c3C[C@H](C(=O)OCc3ccccc3)N2C(=O)CCl)cc1. The van der Waals surface area contributed by atoms with E-state index in [1.807, 2.05) is 54.6 Å². The van der Waals surface area contributed by atoms with Crippen molar-refractivity contribution in [1.29, 1.82) is 0 Å². The minimum atomic E-state index is -0.882. The van der Waals surface area contributed by atoms with Gasteiger partial charge in [0.15, 0.2) is 0 Å². The molecule has 8 heteroatoms. The van der Waals surface area contributed by atoms with E-state index in [0.29, 0.717) is 5.56 Å². The zero-order valence-electron chi connectivity index (χ0n) is 20.1. The molecule has 1 aromatic heterocycles. The van der Waals surface area contributed by atoms with E-state index in [1.54, 1.807) is 24.3 Å². The molecule has 1 aliphatic rings. The second kappa shape index (κ2) is 10.5. The van der Waals surface area contributed by atoms with Crippen LogP contribution in [0.4, 0.5) is 0 Å². The molecular formula is C29H25ClN2O5. The van der Waals surface area contributed by atoms with Gasteiger partial charge in [-0.1, -0.05) is 60.7 Å². The van der Waals surface area contributed by atoms with Gasteiger partial charge in [-0.05, 0) is 34.9 Å². The van der Waals surface area contributed by atoms with E-state index < -0.39 is 29.9 Å². The Morgan fingerprint density at radius 1 is 0.973 bits per heavy atom. The van der Waals surface area contributed by atoms with Crippen molar-refractivity contribution in [2.24, 2.45) is 0 Å². The maximum absolute atomic E-state index is 13.5. The normalized spacial score (nSPS) is 16.8. The first-order chi connectivity index (χ1) is 18.0. The Labute approximate surface area is 218 Å². The maximum Gasteiger partial charge on any atom is 0.337 e. The second-order valence-electron chi connectivity index (χ2n) is 8.83. The number of methoxy groups -OCH3 is 1. The lowest BCUT2D eigenvalue weighted by molar-refractivity contribution is -0.157. The van der Waals surface area contributed by atoms with Gasteiger partial charge >= 0.3 is 11.9 Å². The molecule has 0 spiro atoms. The minimum Gasteiger partial charge on any atom is -0.465 e. The van der Waals surface area contributed by atoms with Crippen molar-refractivity contribution < 1.29 is 23.9 Å². The fraction of sp³-hybridized carbons (Fsp3) is 0.207. The van der Waals surface area contributed by atoms with Gasteiger partial charge < -0.3 is 19.4 Å². The number of para-hydroxylation sites is 1. The quantitative estimate of drug-likeness (QED) is 0.294. The van der Waals surface area contributed by atoms with Crippen LogP contribution in [0.5, 0.6) is 0 Å². The number of ether oxygens (including phenoxy) is 2. The smallest absolute Gasteiger partial charge is 0.337 e. The largest absolute Gasteiger partial charge is 0.465 e. The van der Waals surface area contributed by atoms with Crippen molar-refractivity contribution in [3.63, 3.8) is 0 Å². The summed E-state index contributed by atoms with van der Waals surface area (Å²) in [6.07, 6.45) is 0.284. The third-order valence-electron chi connectivity index (χ3n) is 6.68. The number of nitrogens with zero attached hydrogens (tertiary/aromatic N) is 1. The Kier molecular flexibility index (Phi) is 6.97. The van der Waals surface area contributed by atoms with Gasteiger partial charge in [0, 0.05) is 23.0 Å². The highest BCUT2D eigenvalue weighted by molar-refractivity contribution is 6.27. The summed E-state index contributed by atoms with van der Waals surface area (Å²) in [5.74, 6) is -1.66. The molecular weight excluding hydrogens is 492 g/mol. The predicted octanol–water partition coefficient (Wildman–Crippen LogP) is 4.78. The number of halogens is 1. The molecule has 1 N–H and O–H groups in total. The number of hydrogen-bond donors (Lipinski definition) is 1. The predicted molar refractivity (Wildman–Crippen MR) is 139 cm³/mol. The van der Waals surface area contributed by atoms with Crippen molar-refractivity contribution in [2.45, 2.75) is 25.1 Å². The molecule has 0 aliphatic carbocycles. The average Bonchev–Trinajstić information content (AvgIpc) is 3.33. The number of amides is 1. The van der Waals surface area contributed by atoms with Gasteiger partial charge in [-0.3, -0.25) is 4.79 Å². The molecule has 0 bridgehead atoms. The van der Waals surface area contributed by atoms with Gasteiger partial charge in [0.1, 0.15) is 18.5 Å². The van der Waals surface area contributed by atoms with E-state index in [-0.39, 0.29) is 18.9 Å². The topological polar surface area (TPSA) is 88.7 Å². The number of hydrogen-bond acceptors (Lipinski definition) is 5. The summed E-state index contributed by atoms with van der Waals surface area (Å²) in [7, 11) is 1.32. The highest BCUT2D eigenvalue weighted by Crippen LogP contribution is 2.41. The summed E-state index contributed by atoms with van der Waals surface area (Å²) in [6.45, 7) is 0.0955. The van der Waals surface area contributed by atoms with Gasteiger partial charge in [0.05, 0.1) is 18.7 Å². The number of rotatable bonds is 6. The maximum atomic E-state index is 13.5. The first-order valence-corrected chi connectivity index (χ1v) is 12.4. The standard InChI is InChI=1S/C29H25ClN2O5/c1-36-28(34)20-13-11-19(12-14-20)27-26-22(21-9-5-6-10-23(21)31-26)15-24(32(27)25(33)16-30)29(35)37-17-18-7-3-2-4-8-18/h2-14,24,27,31H,15-17H2,1H3/t24-,27-/m1/s1. The van der Waals surface area contributed by atoms with Crippen LogP contribution in [0, 0.1) is 0 Å². The highest BCUT2D eigenvalue weighted by atomic mass is 35.5. The summed E-state index contributed by atoms with van der Waals surface area (Å²) in [5.41, 5.74) is 4.60. The summed E-state index contributed by atoms with van der Waals surface area (Å²) in [6, 6.07) is 22.5. The molecule has 0 fully saturated rings. The number of benzene rings is 3. The number of esters is 2. The third-order valence-corrected chi connectivity index (χ3v) is 6.91. The Morgan fingerprint density at radius 3 is 2.38 bits per heavy atom. The van der Waals surface area contributed by atoms with E-state index >= 15 is 0 Å². The lowest BCUT2D eigenvalue weighted by atomic mass is 9.87. The number of fused-ring (bicyclic) bond motifs is 3. The molecule has 3 aromatic carbocycles. The fourth-order valence-corrected chi connectivity index (χ4v) is 5.08. The number of carbonyl (C=O) groups is 3. The van der Waals surface area contributed by atoms with Crippen molar-refractivity contribution >= 4 is 40.3 Å². The zero-order valence-corrected chi connectivity index (χ0v) is 20.9. The van der Waals surface area contributed by atoms with Crippen LogP contribution < -0.4 is 0 Å². The first-order valence-electron chi connectivity index (χ1n) is 11.9. The molecule has 37 heavy (non-hydrogen) atoms. The van der Waals surface area contributed by atoms with Gasteiger partial charge in [-0.15, -0.1) is 11.6 Å². The molecule has 1 aliphatic heterocycles. The second-order valence-corrected chi connectivity index (χ2v) is 9.09. The van der Waals surface area contributed by atoms with Crippen LogP contribution in [0.3, 0.4) is 0 Å². The molecule has 0 saturated heterocycles. The summed E-state index contributed by atoms with van der Waals surface area (Å²) >= 11 is 6.06. The lowest BCUT2D eigenvalue weighted by Gasteiger charge is -2.41. The lowest BCUT2D eigenvalue weighted by Crippen LogP contribution is -2.52. The Hall–Kier alpha value is -4.10. The Morgan fingerprint density at radius 2 is 1.68 bits per heavy atom. The van der Waals surface area contributed by atoms with Crippen LogP contribution in [0.25, 0.3) is 10.9 Å². The van der Waals surface area contributed by atoms with E-state index in [4.69, 9.17) is 21.1 Å². The average molecular weight is 517 g/mol. The minimum absolute atomic E-state index is 0.0955. The zero-order chi connectivity index (χ0) is 25.9. The number of nitrogens with one attached hydrogen (secondary N) is 1. The molecule has 2 heterocycles. The number of carbonyl (C=O) groups excluding carboxylic acids is 3. The van der Waals surface area contributed by atoms with Gasteiger partial charge in [-0.25, -0.2) is 9.59 Å². The van der Waals surface area contributed by atoms with Crippen molar-refractivity contribution in [3.05, 3.63) is 107 Å². The molecule has 5 rings (SSSR count). The van der Waals surface area contributed by atoms with Crippen molar-refractivity contribution in [3.8, 4) is 0 Å². The van der Waals surface area contributed by atoms with Gasteiger partial charge in [0.2, 0.25) is 5.91 Å². The first kappa shape index (κ1) is 24.6. The Bertz CT molecular complexity index is 1450. The number of aromatic amines is 1. The number of aromatic nitrogens is 1. The molecule has 0 radical (unpaired) electrons. The van der Waals surface area contributed by atoms with E-state index in [9.17, 15) is 14.4 Å². The highest BCUT2D eigenvalue weighted by Gasteiger charge is 2.44. The van der Waals surface area contributed by atoms with Crippen LogP contribution in [0.2, 0.25) is 0 Å². The molecule has 0 saturated carbocycles. The van der Waals surface area contributed by atoms with E-state index in [2.05, 4.69) is 4.98 Å². The molecule has 1 amide bonds. The number of H-pyrrole nitrogens is 1. The summed E-state index contributed by atoms with van der Waals surface area (Å²) in [5, 5.41) is 0.979. The summed E-state index contributed by atoms with van der Waals surface area (Å²) in [4.78, 5) is 43.7. The molecule has 2 atom stereocenters. The van der Waals surface area contributed by atoms with Crippen LogP contribution in [-0.4, -0.2) is 46.8 Å². The summed E-state index contributed by atoms with van der Waals surface area (Å²) < 4.78 is 10.5. The molecule has 7 nitrogen and oxygen atoms in total.